The molecule has 17 heavy (non-hydrogen) atoms. The van der Waals surface area contributed by atoms with E-state index in [1.807, 2.05) is 18.0 Å². The second kappa shape index (κ2) is 8.29. The highest BCUT2D eigenvalue weighted by atomic mass is 16.2. The molecular formula is C14H26N2O. The number of rotatable bonds is 7. The van der Waals surface area contributed by atoms with E-state index in [4.69, 9.17) is 0 Å². The van der Waals surface area contributed by atoms with Crippen molar-refractivity contribution in [1.29, 1.82) is 0 Å². The number of unbranched alkanes of at least 4 members (excludes halogenated alkanes) is 3. The first-order valence-corrected chi connectivity index (χ1v) is 6.82. The zero-order valence-electron chi connectivity index (χ0n) is 11.1. The van der Waals surface area contributed by atoms with Crippen molar-refractivity contribution in [2.24, 2.45) is 5.92 Å². The molecule has 3 nitrogen and oxygen atoms in total. The lowest BCUT2D eigenvalue weighted by molar-refractivity contribution is -0.134. The number of amides is 1. The molecule has 1 N–H and O–H groups in total. The Hall–Kier alpha value is -0.830. The van der Waals surface area contributed by atoms with E-state index in [9.17, 15) is 4.79 Å². The molecule has 0 aromatic rings. The molecule has 0 saturated carbocycles. The van der Waals surface area contributed by atoms with Gasteiger partial charge in [-0.25, -0.2) is 0 Å². The molecule has 1 atom stereocenters. The maximum atomic E-state index is 12.1. The summed E-state index contributed by atoms with van der Waals surface area (Å²) in [4.78, 5) is 14.0. The second-order valence-electron chi connectivity index (χ2n) is 4.94. The van der Waals surface area contributed by atoms with Gasteiger partial charge in [0.1, 0.15) is 0 Å². The highest BCUT2D eigenvalue weighted by molar-refractivity contribution is 5.78. The minimum atomic E-state index is 0.210. The lowest BCUT2D eigenvalue weighted by Gasteiger charge is -2.27. The van der Waals surface area contributed by atoms with E-state index in [2.05, 4.69) is 11.9 Å². The van der Waals surface area contributed by atoms with Crippen LogP contribution < -0.4 is 5.32 Å². The molecule has 1 rings (SSSR count). The maximum Gasteiger partial charge on any atom is 0.226 e. The molecule has 98 valence electrons. The molecule has 1 aliphatic heterocycles. The van der Waals surface area contributed by atoms with Gasteiger partial charge in [0.2, 0.25) is 5.91 Å². The minimum Gasteiger partial charge on any atom is -0.345 e. The fourth-order valence-corrected chi connectivity index (χ4v) is 2.30. The summed E-state index contributed by atoms with van der Waals surface area (Å²) in [5.74, 6) is 0.530. The summed E-state index contributed by atoms with van der Waals surface area (Å²) >= 11 is 0. The largest absolute Gasteiger partial charge is 0.345 e. The molecule has 0 aromatic carbocycles. The van der Waals surface area contributed by atoms with E-state index in [-0.39, 0.29) is 5.92 Å². The zero-order chi connectivity index (χ0) is 12.5. The fraction of sp³-hybridized carbons (Fsp3) is 0.786. The van der Waals surface area contributed by atoms with Crippen molar-refractivity contribution >= 4 is 5.91 Å². The zero-order valence-corrected chi connectivity index (χ0v) is 11.1. The van der Waals surface area contributed by atoms with Gasteiger partial charge < -0.3 is 10.2 Å². The first-order chi connectivity index (χ1) is 8.25. The molecule has 1 fully saturated rings. The van der Waals surface area contributed by atoms with Gasteiger partial charge in [0, 0.05) is 20.1 Å². The van der Waals surface area contributed by atoms with Crippen LogP contribution in [0.3, 0.4) is 0 Å². The number of nitrogens with one attached hydrogen (secondary N) is 1. The Morgan fingerprint density at radius 1 is 1.47 bits per heavy atom. The fourth-order valence-electron chi connectivity index (χ4n) is 2.30. The van der Waals surface area contributed by atoms with E-state index in [0.29, 0.717) is 5.91 Å². The van der Waals surface area contributed by atoms with Crippen LogP contribution in [0.5, 0.6) is 0 Å². The smallest absolute Gasteiger partial charge is 0.226 e. The monoisotopic (exact) mass is 238 g/mol. The third-order valence-corrected chi connectivity index (χ3v) is 3.42. The summed E-state index contributed by atoms with van der Waals surface area (Å²) in [6, 6.07) is 0. The Bertz CT molecular complexity index is 234. The van der Waals surface area contributed by atoms with Crippen molar-refractivity contribution in [3.05, 3.63) is 12.7 Å². The van der Waals surface area contributed by atoms with Crippen LogP contribution in [0.15, 0.2) is 12.7 Å². The Kier molecular flexibility index (Phi) is 6.94. The Labute approximate surface area is 105 Å². The van der Waals surface area contributed by atoms with E-state index < -0.39 is 0 Å². The van der Waals surface area contributed by atoms with Crippen molar-refractivity contribution in [3.63, 3.8) is 0 Å². The van der Waals surface area contributed by atoms with Gasteiger partial charge in [0.15, 0.2) is 0 Å². The number of allylic oxidation sites excluding steroid dienone is 1. The maximum absolute atomic E-state index is 12.1. The molecule has 1 heterocycles. The van der Waals surface area contributed by atoms with Gasteiger partial charge >= 0.3 is 0 Å². The normalized spacial score (nSPS) is 19.9. The number of carbonyl (C=O) groups excluding carboxylic acids is 1. The summed E-state index contributed by atoms with van der Waals surface area (Å²) < 4.78 is 0. The first-order valence-electron chi connectivity index (χ1n) is 6.82. The van der Waals surface area contributed by atoms with Gasteiger partial charge in [0.25, 0.3) is 0 Å². The molecule has 0 spiro atoms. The molecule has 1 saturated heterocycles. The topological polar surface area (TPSA) is 32.3 Å². The van der Waals surface area contributed by atoms with Crippen LogP contribution in [0.4, 0.5) is 0 Å². The average molecular weight is 238 g/mol. The third-order valence-electron chi connectivity index (χ3n) is 3.42. The Balaban J connectivity index is 2.14. The lowest BCUT2D eigenvalue weighted by Crippen LogP contribution is -2.41. The lowest BCUT2D eigenvalue weighted by atomic mass is 9.98. The van der Waals surface area contributed by atoms with E-state index in [1.54, 1.807) is 0 Å². The minimum absolute atomic E-state index is 0.210. The summed E-state index contributed by atoms with van der Waals surface area (Å²) in [6.45, 7) is 6.53. The molecular weight excluding hydrogens is 212 g/mol. The highest BCUT2D eigenvalue weighted by Crippen LogP contribution is 2.13. The molecule has 1 unspecified atom stereocenters. The number of hydrogen-bond donors (Lipinski definition) is 1. The third kappa shape index (κ3) is 5.35. The Morgan fingerprint density at radius 3 is 2.94 bits per heavy atom. The van der Waals surface area contributed by atoms with Crippen molar-refractivity contribution in [3.8, 4) is 0 Å². The van der Waals surface area contributed by atoms with Crippen LogP contribution in [0.2, 0.25) is 0 Å². The number of piperidine rings is 1. The van der Waals surface area contributed by atoms with Crippen LogP contribution in [-0.4, -0.2) is 37.5 Å². The highest BCUT2D eigenvalue weighted by Gasteiger charge is 2.23. The average Bonchev–Trinajstić information content (AvgIpc) is 2.38. The second-order valence-corrected chi connectivity index (χ2v) is 4.94. The SMILES string of the molecule is C=CCCCCCN(C)C(=O)C1CCCNC1. The van der Waals surface area contributed by atoms with E-state index in [1.165, 1.54) is 12.8 Å². The van der Waals surface area contributed by atoms with Crippen LogP contribution in [0.25, 0.3) is 0 Å². The summed E-state index contributed by atoms with van der Waals surface area (Å²) in [5.41, 5.74) is 0. The van der Waals surface area contributed by atoms with Gasteiger partial charge in [-0.2, -0.15) is 0 Å². The van der Waals surface area contributed by atoms with E-state index in [0.717, 1.165) is 45.3 Å². The number of nitrogens with zero attached hydrogens (tertiary/aromatic N) is 1. The van der Waals surface area contributed by atoms with Crippen molar-refractivity contribution < 1.29 is 4.79 Å². The number of hydrogen-bond acceptors (Lipinski definition) is 2. The number of carbonyl (C=O) groups is 1. The molecule has 3 heteroatoms. The van der Waals surface area contributed by atoms with Crippen molar-refractivity contribution in [1.82, 2.24) is 10.2 Å². The molecule has 1 aliphatic rings. The van der Waals surface area contributed by atoms with Crippen LogP contribution in [-0.2, 0) is 4.79 Å². The predicted molar refractivity (Wildman–Crippen MR) is 71.9 cm³/mol. The van der Waals surface area contributed by atoms with Gasteiger partial charge in [-0.1, -0.05) is 12.5 Å². The van der Waals surface area contributed by atoms with E-state index >= 15 is 0 Å². The molecule has 0 radical (unpaired) electrons. The predicted octanol–water partition coefficient (Wildman–Crippen LogP) is 2.19. The quantitative estimate of drug-likeness (QED) is 0.545. The molecule has 0 aliphatic carbocycles. The van der Waals surface area contributed by atoms with Gasteiger partial charge in [-0.3, -0.25) is 4.79 Å². The van der Waals surface area contributed by atoms with Gasteiger partial charge in [-0.15, -0.1) is 6.58 Å². The molecule has 0 bridgehead atoms. The van der Waals surface area contributed by atoms with Crippen molar-refractivity contribution in [2.75, 3.05) is 26.7 Å². The summed E-state index contributed by atoms with van der Waals surface area (Å²) in [6.07, 6.45) is 8.71. The standard InChI is InChI=1S/C14H26N2O/c1-3-4-5-6-7-11-16(2)14(17)13-9-8-10-15-12-13/h3,13,15H,1,4-12H2,2H3. The Morgan fingerprint density at radius 2 is 2.29 bits per heavy atom. The van der Waals surface area contributed by atoms with Gasteiger partial charge in [-0.05, 0) is 38.6 Å². The summed E-state index contributed by atoms with van der Waals surface area (Å²) in [7, 11) is 1.93. The van der Waals surface area contributed by atoms with Crippen molar-refractivity contribution in [2.45, 2.75) is 38.5 Å². The molecule has 0 aromatic heterocycles. The molecule has 1 amide bonds. The van der Waals surface area contributed by atoms with Crippen LogP contribution >= 0.6 is 0 Å². The van der Waals surface area contributed by atoms with Gasteiger partial charge in [0.05, 0.1) is 5.92 Å². The first kappa shape index (κ1) is 14.2. The summed E-state index contributed by atoms with van der Waals surface area (Å²) in [5, 5.41) is 3.30. The van der Waals surface area contributed by atoms with Crippen LogP contribution in [0.1, 0.15) is 38.5 Å². The van der Waals surface area contributed by atoms with Crippen LogP contribution in [0, 0.1) is 5.92 Å².